The number of benzene rings is 2. The molecule has 0 unspecified atom stereocenters. The molecule has 0 spiro atoms. The Morgan fingerprint density at radius 3 is 2.38 bits per heavy atom. The number of nitrogens with one attached hydrogen (secondary N) is 2. The molecule has 2 rings (SSSR count). The van der Waals surface area contributed by atoms with Crippen molar-refractivity contribution in [3.05, 3.63) is 54.1 Å². The summed E-state index contributed by atoms with van der Waals surface area (Å²) in [4.78, 5) is 25.3. The quantitative estimate of drug-likeness (QED) is 0.566. The molecule has 2 aromatic rings. The fraction of sp³-hybridized carbons (Fsp3) is 0.364. The monoisotopic (exact) mass is 400 g/mol. The van der Waals surface area contributed by atoms with Gasteiger partial charge in [0.1, 0.15) is 0 Å². The second kappa shape index (κ2) is 11.7. The molecule has 0 aliphatic rings. The molecule has 0 bridgehead atoms. The third-order valence-corrected chi connectivity index (χ3v) is 4.24. The predicted octanol–water partition coefficient (Wildman–Crippen LogP) is 3.26. The summed E-state index contributed by atoms with van der Waals surface area (Å²) in [5, 5.41) is 5.64. The SMILES string of the molecule is CC[C@@H](Oc1ccccc1OC)C(=O)Nc1ccccc1C(=O)NCCCOC. The Bertz CT molecular complexity index is 809. The van der Waals surface area contributed by atoms with Gasteiger partial charge in [0.05, 0.1) is 18.4 Å². The lowest BCUT2D eigenvalue weighted by atomic mass is 10.1. The van der Waals surface area contributed by atoms with Crippen molar-refractivity contribution < 1.29 is 23.8 Å². The fourth-order valence-electron chi connectivity index (χ4n) is 2.71. The minimum absolute atomic E-state index is 0.254. The summed E-state index contributed by atoms with van der Waals surface area (Å²) < 4.78 is 16.1. The smallest absolute Gasteiger partial charge is 0.265 e. The van der Waals surface area contributed by atoms with Crippen LogP contribution in [0.3, 0.4) is 0 Å². The molecule has 2 amide bonds. The Hall–Kier alpha value is -3.06. The van der Waals surface area contributed by atoms with E-state index in [-0.39, 0.29) is 11.8 Å². The zero-order valence-corrected chi connectivity index (χ0v) is 17.1. The summed E-state index contributed by atoms with van der Waals surface area (Å²) in [7, 11) is 3.16. The number of amides is 2. The molecule has 0 radical (unpaired) electrons. The molecule has 2 N–H and O–H groups in total. The molecule has 29 heavy (non-hydrogen) atoms. The highest BCUT2D eigenvalue weighted by Gasteiger charge is 2.22. The molecule has 156 valence electrons. The van der Waals surface area contributed by atoms with Gasteiger partial charge in [-0.2, -0.15) is 0 Å². The molecular formula is C22H28N2O5. The first-order valence-corrected chi connectivity index (χ1v) is 9.57. The first-order chi connectivity index (χ1) is 14.1. The third-order valence-electron chi connectivity index (χ3n) is 4.24. The molecule has 0 aliphatic carbocycles. The van der Waals surface area contributed by atoms with Gasteiger partial charge in [0.2, 0.25) is 0 Å². The van der Waals surface area contributed by atoms with Gasteiger partial charge in [-0.05, 0) is 37.1 Å². The standard InChI is InChI=1S/C22H28N2O5/c1-4-18(29-20-13-8-7-12-19(20)28-3)22(26)24-17-11-6-5-10-16(17)21(25)23-14-9-15-27-2/h5-8,10-13,18H,4,9,14-15H2,1-3H3,(H,23,25)(H,24,26)/t18-/m1/s1. The largest absolute Gasteiger partial charge is 0.493 e. The van der Waals surface area contributed by atoms with E-state index in [0.29, 0.717) is 48.7 Å². The van der Waals surface area contributed by atoms with Gasteiger partial charge in [0.25, 0.3) is 11.8 Å². The van der Waals surface area contributed by atoms with Crippen LogP contribution < -0.4 is 20.1 Å². The van der Waals surface area contributed by atoms with Crippen molar-refractivity contribution in [3.8, 4) is 11.5 Å². The lowest BCUT2D eigenvalue weighted by molar-refractivity contribution is -0.122. The molecule has 7 heteroatoms. The topological polar surface area (TPSA) is 85.9 Å². The Morgan fingerprint density at radius 1 is 1.00 bits per heavy atom. The van der Waals surface area contributed by atoms with Gasteiger partial charge in [-0.3, -0.25) is 9.59 Å². The molecule has 7 nitrogen and oxygen atoms in total. The second-order valence-corrected chi connectivity index (χ2v) is 6.30. The van der Waals surface area contributed by atoms with E-state index in [1.54, 1.807) is 50.6 Å². The van der Waals surface area contributed by atoms with E-state index in [1.165, 1.54) is 0 Å². The summed E-state index contributed by atoms with van der Waals surface area (Å²) >= 11 is 0. The Kier molecular flexibility index (Phi) is 8.98. The van der Waals surface area contributed by atoms with E-state index in [0.717, 1.165) is 0 Å². The molecule has 2 aromatic carbocycles. The van der Waals surface area contributed by atoms with Gasteiger partial charge in [-0.1, -0.05) is 31.2 Å². The van der Waals surface area contributed by atoms with Crippen LogP contribution in [0.2, 0.25) is 0 Å². The summed E-state index contributed by atoms with van der Waals surface area (Å²) in [6, 6.07) is 14.0. The molecule has 0 aromatic heterocycles. The van der Waals surface area contributed by atoms with E-state index in [2.05, 4.69) is 10.6 Å². The second-order valence-electron chi connectivity index (χ2n) is 6.30. The minimum Gasteiger partial charge on any atom is -0.493 e. The first kappa shape index (κ1) is 22.2. The number of hydrogen-bond acceptors (Lipinski definition) is 5. The summed E-state index contributed by atoms with van der Waals surface area (Å²) in [5.41, 5.74) is 0.828. The van der Waals surface area contributed by atoms with E-state index >= 15 is 0 Å². The number of para-hydroxylation sites is 3. The van der Waals surface area contributed by atoms with Gasteiger partial charge < -0.3 is 24.8 Å². The minimum atomic E-state index is -0.732. The van der Waals surface area contributed by atoms with Crippen LogP contribution >= 0.6 is 0 Å². The predicted molar refractivity (Wildman–Crippen MR) is 112 cm³/mol. The van der Waals surface area contributed by atoms with Crippen molar-refractivity contribution in [3.63, 3.8) is 0 Å². The van der Waals surface area contributed by atoms with Crippen molar-refractivity contribution in [2.45, 2.75) is 25.9 Å². The number of hydrogen-bond donors (Lipinski definition) is 2. The maximum absolute atomic E-state index is 12.8. The number of carbonyl (C=O) groups excluding carboxylic acids is 2. The number of ether oxygens (including phenoxy) is 3. The van der Waals surface area contributed by atoms with Crippen LogP contribution in [-0.2, 0) is 9.53 Å². The van der Waals surface area contributed by atoms with Crippen molar-refractivity contribution in [2.75, 3.05) is 32.7 Å². The van der Waals surface area contributed by atoms with Crippen LogP contribution in [0.15, 0.2) is 48.5 Å². The highest BCUT2D eigenvalue weighted by atomic mass is 16.5. The van der Waals surface area contributed by atoms with Crippen LogP contribution in [0.1, 0.15) is 30.1 Å². The number of rotatable bonds is 11. The molecular weight excluding hydrogens is 372 g/mol. The lowest BCUT2D eigenvalue weighted by Crippen LogP contribution is -2.33. The maximum atomic E-state index is 12.8. The van der Waals surface area contributed by atoms with Crippen LogP contribution in [0.4, 0.5) is 5.69 Å². The van der Waals surface area contributed by atoms with Gasteiger partial charge in [-0.25, -0.2) is 0 Å². The van der Waals surface area contributed by atoms with Crippen LogP contribution in [-0.4, -0.2) is 45.3 Å². The Balaban J connectivity index is 2.07. The number of methoxy groups -OCH3 is 2. The highest BCUT2D eigenvalue weighted by Crippen LogP contribution is 2.27. The summed E-state index contributed by atoms with van der Waals surface area (Å²) in [6.45, 7) is 2.91. The fourth-order valence-corrected chi connectivity index (χ4v) is 2.71. The molecule has 0 aliphatic heterocycles. The average Bonchev–Trinajstić information content (AvgIpc) is 2.75. The molecule has 0 saturated heterocycles. The zero-order chi connectivity index (χ0) is 21.1. The number of carbonyl (C=O) groups is 2. The average molecular weight is 400 g/mol. The van der Waals surface area contributed by atoms with Gasteiger partial charge >= 0.3 is 0 Å². The van der Waals surface area contributed by atoms with E-state index in [9.17, 15) is 9.59 Å². The highest BCUT2D eigenvalue weighted by molar-refractivity contribution is 6.04. The summed E-state index contributed by atoms with van der Waals surface area (Å²) in [5.74, 6) is 0.449. The van der Waals surface area contributed by atoms with E-state index in [4.69, 9.17) is 14.2 Å². The van der Waals surface area contributed by atoms with Crippen molar-refractivity contribution >= 4 is 17.5 Å². The van der Waals surface area contributed by atoms with Crippen molar-refractivity contribution in [2.24, 2.45) is 0 Å². The zero-order valence-electron chi connectivity index (χ0n) is 17.1. The molecule has 1 atom stereocenters. The molecule has 0 fully saturated rings. The Morgan fingerprint density at radius 2 is 1.69 bits per heavy atom. The van der Waals surface area contributed by atoms with E-state index < -0.39 is 6.10 Å². The Labute approximate surface area is 171 Å². The lowest BCUT2D eigenvalue weighted by Gasteiger charge is -2.19. The normalized spacial score (nSPS) is 11.4. The van der Waals surface area contributed by atoms with Crippen LogP contribution in [0, 0.1) is 0 Å². The third kappa shape index (κ3) is 6.50. The van der Waals surface area contributed by atoms with Gasteiger partial charge in [-0.15, -0.1) is 0 Å². The van der Waals surface area contributed by atoms with E-state index in [1.807, 2.05) is 19.1 Å². The van der Waals surface area contributed by atoms with Crippen molar-refractivity contribution in [1.82, 2.24) is 5.32 Å². The van der Waals surface area contributed by atoms with Gasteiger partial charge in [0.15, 0.2) is 17.6 Å². The maximum Gasteiger partial charge on any atom is 0.265 e. The van der Waals surface area contributed by atoms with Crippen LogP contribution in [0.25, 0.3) is 0 Å². The van der Waals surface area contributed by atoms with Crippen molar-refractivity contribution in [1.29, 1.82) is 0 Å². The molecule has 0 saturated carbocycles. The van der Waals surface area contributed by atoms with Crippen LogP contribution in [0.5, 0.6) is 11.5 Å². The first-order valence-electron chi connectivity index (χ1n) is 9.57. The van der Waals surface area contributed by atoms with Gasteiger partial charge in [0, 0.05) is 20.3 Å². The number of anilines is 1. The summed E-state index contributed by atoms with van der Waals surface area (Å²) in [6.07, 6.45) is 0.431. The molecule has 0 heterocycles.